The second-order valence-corrected chi connectivity index (χ2v) is 5.98. The van der Waals surface area contributed by atoms with Crippen molar-refractivity contribution in [3.8, 4) is 0 Å². The van der Waals surface area contributed by atoms with Crippen LogP contribution in [0.25, 0.3) is 11.0 Å². The van der Waals surface area contributed by atoms with E-state index in [9.17, 15) is 9.18 Å². The highest BCUT2D eigenvalue weighted by Gasteiger charge is 2.13. The van der Waals surface area contributed by atoms with E-state index < -0.39 is 5.82 Å². The summed E-state index contributed by atoms with van der Waals surface area (Å²) in [4.78, 5) is 12.2. The molecule has 0 bridgehead atoms. The highest BCUT2D eigenvalue weighted by atomic mass is 35.5. The van der Waals surface area contributed by atoms with E-state index in [1.54, 1.807) is 6.26 Å². The number of amides is 1. The Bertz CT molecular complexity index is 901. The number of anilines is 1. The van der Waals surface area contributed by atoms with Crippen molar-refractivity contribution in [3.05, 3.63) is 64.1 Å². The molecule has 0 saturated carbocycles. The maximum atomic E-state index is 13.7. The lowest BCUT2D eigenvalue weighted by Crippen LogP contribution is -2.15. The first kappa shape index (κ1) is 15.6. The Hall–Kier alpha value is -2.33. The van der Waals surface area contributed by atoms with Crippen molar-refractivity contribution in [1.82, 2.24) is 0 Å². The van der Waals surface area contributed by atoms with Crippen LogP contribution in [-0.4, -0.2) is 5.91 Å². The topological polar surface area (TPSA) is 42.2 Å². The van der Waals surface area contributed by atoms with Crippen LogP contribution in [0.4, 0.5) is 10.1 Å². The number of furan rings is 1. The Morgan fingerprint density at radius 3 is 2.74 bits per heavy atom. The molecule has 0 atom stereocenters. The van der Waals surface area contributed by atoms with E-state index in [-0.39, 0.29) is 18.0 Å². The minimum Gasteiger partial charge on any atom is -0.464 e. The molecule has 3 rings (SSSR count). The average molecular weight is 332 g/mol. The van der Waals surface area contributed by atoms with Gasteiger partial charge in [-0.3, -0.25) is 4.79 Å². The van der Waals surface area contributed by atoms with Gasteiger partial charge in [-0.05, 0) is 55.3 Å². The maximum absolute atomic E-state index is 13.7. The Labute approximate surface area is 138 Å². The lowest BCUT2D eigenvalue weighted by atomic mass is 10.0. The summed E-state index contributed by atoms with van der Waals surface area (Å²) < 4.78 is 19.2. The Kier molecular flexibility index (Phi) is 4.09. The van der Waals surface area contributed by atoms with E-state index in [0.717, 1.165) is 27.7 Å². The first-order chi connectivity index (χ1) is 10.9. The molecule has 0 unspecified atom stereocenters. The number of fused-ring (bicyclic) bond motifs is 1. The molecule has 5 heteroatoms. The van der Waals surface area contributed by atoms with Crippen LogP contribution < -0.4 is 5.32 Å². The monoisotopic (exact) mass is 331 g/mol. The summed E-state index contributed by atoms with van der Waals surface area (Å²) in [5.74, 6) is -0.849. The van der Waals surface area contributed by atoms with Crippen LogP contribution in [0.1, 0.15) is 16.7 Å². The van der Waals surface area contributed by atoms with Crippen molar-refractivity contribution in [2.24, 2.45) is 0 Å². The number of carbonyl (C=O) groups is 1. The fourth-order valence-corrected chi connectivity index (χ4v) is 2.61. The first-order valence-corrected chi connectivity index (χ1v) is 7.54. The van der Waals surface area contributed by atoms with Crippen molar-refractivity contribution in [2.45, 2.75) is 20.3 Å². The fourth-order valence-electron chi connectivity index (χ4n) is 2.43. The normalized spacial score (nSPS) is 11.0. The van der Waals surface area contributed by atoms with E-state index in [2.05, 4.69) is 5.32 Å². The van der Waals surface area contributed by atoms with Gasteiger partial charge in [0.25, 0.3) is 0 Å². The molecule has 1 N–H and O–H groups in total. The second-order valence-electron chi connectivity index (χ2n) is 5.54. The average Bonchev–Trinajstić information content (AvgIpc) is 2.85. The minimum absolute atomic E-state index is 0.0716. The molecular weight excluding hydrogens is 317 g/mol. The molecule has 0 aliphatic rings. The van der Waals surface area contributed by atoms with Crippen LogP contribution >= 0.6 is 11.6 Å². The summed E-state index contributed by atoms with van der Waals surface area (Å²) in [5.41, 5.74) is 3.83. The van der Waals surface area contributed by atoms with Gasteiger partial charge in [-0.25, -0.2) is 4.39 Å². The van der Waals surface area contributed by atoms with Crippen molar-refractivity contribution in [3.63, 3.8) is 0 Å². The largest absolute Gasteiger partial charge is 0.464 e. The Balaban J connectivity index is 1.83. The fraction of sp³-hybridized carbons (Fsp3) is 0.167. The van der Waals surface area contributed by atoms with Gasteiger partial charge >= 0.3 is 0 Å². The first-order valence-electron chi connectivity index (χ1n) is 7.16. The van der Waals surface area contributed by atoms with Gasteiger partial charge in [0.15, 0.2) is 0 Å². The zero-order valence-electron chi connectivity index (χ0n) is 12.7. The van der Waals surface area contributed by atoms with Gasteiger partial charge in [0.1, 0.15) is 11.4 Å². The summed E-state index contributed by atoms with van der Waals surface area (Å²) >= 11 is 5.82. The Morgan fingerprint density at radius 2 is 1.96 bits per heavy atom. The zero-order chi connectivity index (χ0) is 16.6. The molecule has 1 aromatic heterocycles. The van der Waals surface area contributed by atoms with E-state index >= 15 is 0 Å². The summed E-state index contributed by atoms with van der Waals surface area (Å²) in [6.07, 6.45) is 1.67. The number of rotatable bonds is 3. The highest BCUT2D eigenvalue weighted by molar-refractivity contribution is 6.30. The number of benzene rings is 2. The SMILES string of the molecule is Cc1cc2occ(CC(=O)Nc3cc(Cl)ccc3F)c2cc1C. The van der Waals surface area contributed by atoms with Gasteiger partial charge in [0.05, 0.1) is 18.4 Å². The van der Waals surface area contributed by atoms with E-state index in [4.69, 9.17) is 16.0 Å². The van der Waals surface area contributed by atoms with Crippen LogP contribution in [0.2, 0.25) is 5.02 Å². The third kappa shape index (κ3) is 3.22. The number of aryl methyl sites for hydroxylation is 2. The number of halogens is 2. The minimum atomic E-state index is -0.522. The summed E-state index contributed by atoms with van der Waals surface area (Å²) in [7, 11) is 0. The molecular formula is C18H15ClFNO2. The molecule has 0 aliphatic heterocycles. The predicted octanol–water partition coefficient (Wildman–Crippen LogP) is 5.02. The summed E-state index contributed by atoms with van der Waals surface area (Å²) in [6, 6.07) is 7.98. The third-order valence-electron chi connectivity index (χ3n) is 3.82. The number of hydrogen-bond donors (Lipinski definition) is 1. The summed E-state index contributed by atoms with van der Waals surface area (Å²) in [5, 5.41) is 3.80. The van der Waals surface area contributed by atoms with Gasteiger partial charge in [0, 0.05) is 16.0 Å². The number of hydrogen-bond acceptors (Lipinski definition) is 2. The lowest BCUT2D eigenvalue weighted by molar-refractivity contribution is -0.115. The van der Waals surface area contributed by atoms with Crippen LogP contribution in [0.3, 0.4) is 0 Å². The Morgan fingerprint density at radius 1 is 1.22 bits per heavy atom. The zero-order valence-corrected chi connectivity index (χ0v) is 13.5. The van der Waals surface area contributed by atoms with E-state index in [1.165, 1.54) is 18.2 Å². The van der Waals surface area contributed by atoms with E-state index in [1.807, 2.05) is 26.0 Å². The van der Waals surface area contributed by atoms with Crippen LogP contribution in [-0.2, 0) is 11.2 Å². The van der Waals surface area contributed by atoms with Gasteiger partial charge in [0.2, 0.25) is 5.91 Å². The quantitative estimate of drug-likeness (QED) is 0.732. The molecule has 0 radical (unpaired) electrons. The molecule has 1 amide bonds. The number of nitrogens with one attached hydrogen (secondary N) is 1. The second kappa shape index (κ2) is 6.05. The van der Waals surface area contributed by atoms with Crippen LogP contribution in [0.5, 0.6) is 0 Å². The highest BCUT2D eigenvalue weighted by Crippen LogP contribution is 2.26. The molecule has 1 heterocycles. The predicted molar refractivity (Wildman–Crippen MR) is 89.4 cm³/mol. The molecule has 2 aromatic carbocycles. The molecule has 0 saturated heterocycles. The van der Waals surface area contributed by atoms with Crippen LogP contribution in [0, 0.1) is 19.7 Å². The van der Waals surface area contributed by atoms with E-state index in [0.29, 0.717) is 5.02 Å². The van der Waals surface area contributed by atoms with Crippen molar-refractivity contribution < 1.29 is 13.6 Å². The molecule has 0 fully saturated rings. The van der Waals surface area contributed by atoms with Crippen LogP contribution in [0.15, 0.2) is 41.0 Å². The molecule has 0 spiro atoms. The number of carbonyl (C=O) groups excluding carboxylic acids is 1. The van der Waals surface area contributed by atoms with Crippen molar-refractivity contribution in [1.29, 1.82) is 0 Å². The molecule has 3 aromatic rings. The molecule has 0 aliphatic carbocycles. The summed E-state index contributed by atoms with van der Waals surface area (Å²) in [6.45, 7) is 4.01. The third-order valence-corrected chi connectivity index (χ3v) is 4.06. The van der Waals surface area contributed by atoms with Crippen molar-refractivity contribution >= 4 is 34.2 Å². The lowest BCUT2D eigenvalue weighted by Gasteiger charge is -2.06. The van der Waals surface area contributed by atoms with Gasteiger partial charge in [-0.15, -0.1) is 0 Å². The molecule has 23 heavy (non-hydrogen) atoms. The maximum Gasteiger partial charge on any atom is 0.229 e. The van der Waals surface area contributed by atoms with Gasteiger partial charge < -0.3 is 9.73 Å². The standard InChI is InChI=1S/C18H15ClFNO2/c1-10-5-14-12(9-23-17(14)6-11(10)2)7-18(22)21-16-8-13(19)3-4-15(16)20/h3-6,8-9H,7H2,1-2H3,(H,21,22). The van der Waals surface area contributed by atoms with Gasteiger partial charge in [-0.1, -0.05) is 11.6 Å². The van der Waals surface area contributed by atoms with Gasteiger partial charge in [-0.2, -0.15) is 0 Å². The molecule has 118 valence electrons. The molecule has 3 nitrogen and oxygen atoms in total. The smallest absolute Gasteiger partial charge is 0.229 e. The van der Waals surface area contributed by atoms with Crippen molar-refractivity contribution in [2.75, 3.05) is 5.32 Å².